The number of likely N-dealkylation sites (tertiary alicyclic amines) is 1. The van der Waals surface area contributed by atoms with Crippen molar-refractivity contribution < 1.29 is 9.59 Å². The number of hydrogen-bond acceptors (Lipinski definition) is 3. The molecular weight excluding hydrogens is 290 g/mol. The lowest BCUT2D eigenvalue weighted by Gasteiger charge is -2.30. The van der Waals surface area contributed by atoms with Crippen molar-refractivity contribution in [1.82, 2.24) is 10.2 Å². The molecular formula is C15H20ClN3O2. The summed E-state index contributed by atoms with van der Waals surface area (Å²) in [6.07, 6.45) is 2.76. The largest absolute Gasteiger partial charge is 0.351 e. The Labute approximate surface area is 129 Å². The number of rotatable bonds is 5. The van der Waals surface area contributed by atoms with Gasteiger partial charge in [-0.15, -0.1) is 0 Å². The fourth-order valence-electron chi connectivity index (χ4n) is 2.71. The highest BCUT2D eigenvalue weighted by atomic mass is 35.5. The van der Waals surface area contributed by atoms with Crippen molar-refractivity contribution in [1.29, 1.82) is 0 Å². The Morgan fingerprint density at radius 3 is 2.76 bits per heavy atom. The van der Waals surface area contributed by atoms with Crippen LogP contribution in [0.25, 0.3) is 0 Å². The molecule has 1 aliphatic rings. The second kappa shape index (κ2) is 7.43. The Morgan fingerprint density at radius 1 is 1.43 bits per heavy atom. The van der Waals surface area contributed by atoms with E-state index < -0.39 is 0 Å². The first kappa shape index (κ1) is 15.8. The Hall–Kier alpha value is -1.59. The lowest BCUT2D eigenvalue weighted by Crippen LogP contribution is -2.33. The molecule has 1 aromatic rings. The minimum atomic E-state index is -0.184. The summed E-state index contributed by atoms with van der Waals surface area (Å²) >= 11 is 6.06. The number of carbonyl (C=O) groups is 2. The molecule has 6 heteroatoms. The molecule has 2 rings (SSSR count). The highest BCUT2D eigenvalue weighted by Crippen LogP contribution is 2.31. The topological polar surface area (TPSA) is 75.4 Å². The first-order chi connectivity index (χ1) is 10.1. The lowest BCUT2D eigenvalue weighted by atomic mass is 9.86. The summed E-state index contributed by atoms with van der Waals surface area (Å²) in [4.78, 5) is 23.9. The molecule has 1 aliphatic heterocycles. The fourth-order valence-corrected chi connectivity index (χ4v) is 2.90. The summed E-state index contributed by atoms with van der Waals surface area (Å²) in [5, 5.41) is 3.44. The van der Waals surface area contributed by atoms with Gasteiger partial charge in [-0.25, -0.2) is 0 Å². The zero-order chi connectivity index (χ0) is 15.2. The maximum Gasteiger partial charge on any atom is 0.234 e. The van der Waals surface area contributed by atoms with E-state index in [-0.39, 0.29) is 12.5 Å². The van der Waals surface area contributed by atoms with Crippen molar-refractivity contribution in [3.05, 3.63) is 34.3 Å². The Morgan fingerprint density at radius 2 is 2.14 bits per heavy atom. The third-order valence-electron chi connectivity index (χ3n) is 3.88. The van der Waals surface area contributed by atoms with Gasteiger partial charge in [-0.1, -0.05) is 17.7 Å². The first-order valence-electron chi connectivity index (χ1n) is 7.08. The molecule has 3 N–H and O–H groups in total. The minimum absolute atomic E-state index is 0.0202. The molecule has 0 saturated carbocycles. The first-order valence-corrected chi connectivity index (χ1v) is 7.46. The van der Waals surface area contributed by atoms with Crippen LogP contribution in [-0.4, -0.2) is 36.9 Å². The van der Waals surface area contributed by atoms with Crippen LogP contribution in [0.2, 0.25) is 5.02 Å². The zero-order valence-corrected chi connectivity index (χ0v) is 12.6. The van der Waals surface area contributed by atoms with Gasteiger partial charge in [0.15, 0.2) is 0 Å². The predicted octanol–water partition coefficient (Wildman–Crippen LogP) is 1.25. The van der Waals surface area contributed by atoms with Crippen LogP contribution < -0.4 is 11.1 Å². The van der Waals surface area contributed by atoms with Crippen molar-refractivity contribution in [3.8, 4) is 0 Å². The summed E-state index contributed by atoms with van der Waals surface area (Å²) in [6.45, 7) is 1.95. The molecule has 1 aromatic carbocycles. The summed E-state index contributed by atoms with van der Waals surface area (Å²) in [5.74, 6) is 0.208. The highest BCUT2D eigenvalue weighted by Gasteiger charge is 2.21. The zero-order valence-electron chi connectivity index (χ0n) is 11.8. The maximum atomic E-state index is 11.3. The van der Waals surface area contributed by atoms with Crippen molar-refractivity contribution >= 4 is 23.9 Å². The van der Waals surface area contributed by atoms with Crippen molar-refractivity contribution in [2.75, 3.05) is 19.6 Å². The van der Waals surface area contributed by atoms with E-state index in [9.17, 15) is 9.59 Å². The fraction of sp³-hybridized carbons (Fsp3) is 0.467. The normalized spacial score (nSPS) is 15.8. The predicted molar refractivity (Wildman–Crippen MR) is 82.0 cm³/mol. The molecule has 0 radical (unpaired) electrons. The van der Waals surface area contributed by atoms with Crippen LogP contribution in [0.4, 0.5) is 0 Å². The number of carbonyl (C=O) groups excluding carboxylic acids is 2. The van der Waals surface area contributed by atoms with Gasteiger partial charge in [0, 0.05) is 24.7 Å². The number of benzene rings is 1. The van der Waals surface area contributed by atoms with E-state index in [1.165, 1.54) is 5.56 Å². The summed E-state index contributed by atoms with van der Waals surface area (Å²) in [5.41, 5.74) is 7.52. The molecule has 5 nitrogen and oxygen atoms in total. The summed E-state index contributed by atoms with van der Waals surface area (Å²) in [6, 6.07) is 5.78. The van der Waals surface area contributed by atoms with Gasteiger partial charge in [-0.3, -0.25) is 9.59 Å². The molecule has 0 atom stereocenters. The van der Waals surface area contributed by atoms with Gasteiger partial charge in [0.25, 0.3) is 0 Å². The maximum absolute atomic E-state index is 11.3. The van der Waals surface area contributed by atoms with Gasteiger partial charge < -0.3 is 16.0 Å². The molecule has 0 unspecified atom stereocenters. The van der Waals surface area contributed by atoms with Crippen LogP contribution in [0.5, 0.6) is 0 Å². The number of nitrogens with two attached hydrogens (primary N) is 1. The monoisotopic (exact) mass is 309 g/mol. The molecule has 1 fully saturated rings. The number of nitrogens with one attached hydrogen (secondary N) is 1. The van der Waals surface area contributed by atoms with E-state index in [1.54, 1.807) is 4.90 Å². The van der Waals surface area contributed by atoms with Gasteiger partial charge >= 0.3 is 0 Å². The van der Waals surface area contributed by atoms with Crippen LogP contribution in [0.1, 0.15) is 29.9 Å². The van der Waals surface area contributed by atoms with Gasteiger partial charge in [0.2, 0.25) is 12.3 Å². The highest BCUT2D eigenvalue weighted by molar-refractivity contribution is 6.30. The van der Waals surface area contributed by atoms with Gasteiger partial charge in [0.05, 0.1) is 6.54 Å². The van der Waals surface area contributed by atoms with Gasteiger partial charge in [0.1, 0.15) is 0 Å². The molecule has 0 bridgehead atoms. The average molecular weight is 310 g/mol. The SMILES string of the molecule is NCC(=O)NCc1cc(Cl)ccc1C1CCN(C=O)CC1. The lowest BCUT2D eigenvalue weighted by molar-refractivity contribution is -0.120. The molecule has 1 heterocycles. The third-order valence-corrected chi connectivity index (χ3v) is 4.12. The van der Waals surface area contributed by atoms with Gasteiger partial charge in [-0.05, 0) is 42.0 Å². The van der Waals surface area contributed by atoms with Gasteiger partial charge in [-0.2, -0.15) is 0 Å². The van der Waals surface area contributed by atoms with E-state index in [2.05, 4.69) is 5.32 Å². The van der Waals surface area contributed by atoms with Crippen LogP contribution in [0.15, 0.2) is 18.2 Å². The number of hydrogen-bond donors (Lipinski definition) is 2. The number of halogens is 1. The Bertz CT molecular complexity index is 514. The summed E-state index contributed by atoms with van der Waals surface area (Å²) in [7, 11) is 0. The van der Waals surface area contributed by atoms with Crippen molar-refractivity contribution in [3.63, 3.8) is 0 Å². The van der Waals surface area contributed by atoms with Crippen molar-refractivity contribution in [2.45, 2.75) is 25.3 Å². The second-order valence-electron chi connectivity index (χ2n) is 5.24. The minimum Gasteiger partial charge on any atom is -0.351 e. The van der Waals surface area contributed by atoms with E-state index in [4.69, 9.17) is 17.3 Å². The van der Waals surface area contributed by atoms with E-state index in [0.29, 0.717) is 17.5 Å². The standard InChI is InChI=1S/C15H20ClN3O2/c16-13-1-2-14(11-3-5-19(10-20)6-4-11)12(7-13)9-18-15(21)8-17/h1-2,7,10-11H,3-6,8-9,17H2,(H,18,21). The Kier molecular flexibility index (Phi) is 5.59. The van der Waals surface area contributed by atoms with E-state index >= 15 is 0 Å². The summed E-state index contributed by atoms with van der Waals surface area (Å²) < 4.78 is 0. The Balaban J connectivity index is 2.11. The van der Waals surface area contributed by atoms with Crippen molar-refractivity contribution in [2.24, 2.45) is 5.73 Å². The van der Waals surface area contributed by atoms with E-state index in [1.807, 2.05) is 18.2 Å². The third kappa shape index (κ3) is 4.19. The molecule has 2 amide bonds. The number of nitrogens with zero attached hydrogens (tertiary/aromatic N) is 1. The molecule has 21 heavy (non-hydrogen) atoms. The van der Waals surface area contributed by atoms with E-state index in [0.717, 1.165) is 37.9 Å². The van der Waals surface area contributed by atoms with Crippen LogP contribution in [-0.2, 0) is 16.1 Å². The smallest absolute Gasteiger partial charge is 0.234 e. The molecule has 0 aliphatic carbocycles. The number of amides is 2. The second-order valence-corrected chi connectivity index (χ2v) is 5.68. The van der Waals surface area contributed by atoms with Crippen LogP contribution >= 0.6 is 11.6 Å². The molecule has 0 spiro atoms. The van der Waals surface area contributed by atoms with Crippen LogP contribution in [0, 0.1) is 0 Å². The molecule has 1 saturated heterocycles. The quantitative estimate of drug-likeness (QED) is 0.804. The van der Waals surface area contributed by atoms with Crippen LogP contribution in [0.3, 0.4) is 0 Å². The average Bonchev–Trinajstić information content (AvgIpc) is 2.53. The number of piperidine rings is 1. The molecule has 114 valence electrons. The molecule has 0 aromatic heterocycles.